The maximum absolute atomic E-state index is 12.6. The van der Waals surface area contributed by atoms with Gasteiger partial charge in [0, 0.05) is 12.1 Å². The predicted molar refractivity (Wildman–Crippen MR) is 108 cm³/mol. The zero-order valence-corrected chi connectivity index (χ0v) is 16.0. The average Bonchev–Trinajstić information content (AvgIpc) is 2.64. The third-order valence-electron chi connectivity index (χ3n) is 3.82. The fourth-order valence-electron chi connectivity index (χ4n) is 2.61. The van der Waals surface area contributed by atoms with Crippen molar-refractivity contribution in [3.8, 4) is 11.1 Å². The largest absolute Gasteiger partial charge is 0.478 e. The zero-order valence-electron chi connectivity index (χ0n) is 15.2. The van der Waals surface area contributed by atoms with E-state index in [1.807, 2.05) is 17.8 Å². The molecule has 5 heteroatoms. The maximum atomic E-state index is 12.6. The predicted octanol–water partition coefficient (Wildman–Crippen LogP) is 4.56. The fraction of sp³-hybridized carbons (Fsp3) is 0.333. The van der Waals surface area contributed by atoms with Gasteiger partial charge in [-0.3, -0.25) is 4.79 Å². The van der Waals surface area contributed by atoms with Crippen LogP contribution in [0.15, 0.2) is 48.5 Å². The molecule has 26 heavy (non-hydrogen) atoms. The van der Waals surface area contributed by atoms with E-state index < -0.39 is 5.97 Å². The standard InChI is InChI=1S/C21H25NO3S/c1-15(2)14-26-13-7-12-22-20(23)18-10-5-3-8-16(18)17-9-4-6-11-19(17)21(24)25/h3-6,8-11,15H,7,12-14H2,1-2H3,(H,22,23)(H,24,25). The number of carbonyl (C=O) groups excluding carboxylic acids is 1. The number of benzene rings is 2. The molecule has 138 valence electrons. The first-order chi connectivity index (χ1) is 12.5. The van der Waals surface area contributed by atoms with Crippen molar-refractivity contribution in [2.75, 3.05) is 18.1 Å². The average molecular weight is 372 g/mol. The second-order valence-electron chi connectivity index (χ2n) is 6.47. The second kappa shape index (κ2) is 10.0. The lowest BCUT2D eigenvalue weighted by molar-refractivity contribution is 0.0697. The van der Waals surface area contributed by atoms with Crippen molar-refractivity contribution in [2.24, 2.45) is 5.92 Å². The van der Waals surface area contributed by atoms with Gasteiger partial charge in [0.2, 0.25) is 0 Å². The molecule has 0 unspecified atom stereocenters. The van der Waals surface area contributed by atoms with Crippen LogP contribution in [0.4, 0.5) is 0 Å². The third-order valence-corrected chi connectivity index (χ3v) is 5.30. The van der Waals surface area contributed by atoms with Crippen LogP contribution in [0.25, 0.3) is 11.1 Å². The summed E-state index contributed by atoms with van der Waals surface area (Å²) in [6.45, 7) is 5.00. The first-order valence-electron chi connectivity index (χ1n) is 8.78. The van der Waals surface area contributed by atoms with Gasteiger partial charge in [-0.2, -0.15) is 11.8 Å². The number of rotatable bonds is 9. The topological polar surface area (TPSA) is 66.4 Å². The summed E-state index contributed by atoms with van der Waals surface area (Å²) < 4.78 is 0. The summed E-state index contributed by atoms with van der Waals surface area (Å²) in [4.78, 5) is 24.1. The SMILES string of the molecule is CC(C)CSCCCNC(=O)c1ccccc1-c1ccccc1C(=O)O. The normalized spacial score (nSPS) is 10.7. The molecule has 2 aromatic rings. The molecule has 0 atom stereocenters. The number of amides is 1. The van der Waals surface area contributed by atoms with Crippen molar-refractivity contribution < 1.29 is 14.7 Å². The molecule has 0 spiro atoms. The summed E-state index contributed by atoms with van der Waals surface area (Å²) >= 11 is 1.90. The van der Waals surface area contributed by atoms with Crippen LogP contribution in [0.5, 0.6) is 0 Å². The Hall–Kier alpha value is -2.27. The molecule has 0 saturated carbocycles. The van der Waals surface area contributed by atoms with Gasteiger partial charge in [-0.1, -0.05) is 50.2 Å². The highest BCUT2D eigenvalue weighted by molar-refractivity contribution is 7.99. The summed E-state index contributed by atoms with van der Waals surface area (Å²) in [7, 11) is 0. The van der Waals surface area contributed by atoms with E-state index in [-0.39, 0.29) is 11.5 Å². The van der Waals surface area contributed by atoms with Crippen molar-refractivity contribution in [3.05, 3.63) is 59.7 Å². The van der Waals surface area contributed by atoms with Crippen LogP contribution in [-0.4, -0.2) is 35.0 Å². The van der Waals surface area contributed by atoms with E-state index in [1.54, 1.807) is 42.5 Å². The molecular weight excluding hydrogens is 346 g/mol. The lowest BCUT2D eigenvalue weighted by Crippen LogP contribution is -2.25. The van der Waals surface area contributed by atoms with Gasteiger partial charge in [0.25, 0.3) is 5.91 Å². The van der Waals surface area contributed by atoms with Crippen LogP contribution in [0.3, 0.4) is 0 Å². The van der Waals surface area contributed by atoms with Crippen LogP contribution in [0.2, 0.25) is 0 Å². The molecule has 4 nitrogen and oxygen atoms in total. The van der Waals surface area contributed by atoms with Gasteiger partial charge in [-0.15, -0.1) is 0 Å². The number of aromatic carboxylic acids is 1. The van der Waals surface area contributed by atoms with Crippen LogP contribution in [0.1, 0.15) is 41.0 Å². The Bertz CT molecular complexity index is 758. The smallest absolute Gasteiger partial charge is 0.336 e. The van der Waals surface area contributed by atoms with Gasteiger partial charge < -0.3 is 10.4 Å². The molecule has 2 aromatic carbocycles. The summed E-state index contributed by atoms with van der Waals surface area (Å²) in [6.07, 6.45) is 0.914. The van der Waals surface area contributed by atoms with E-state index in [9.17, 15) is 14.7 Å². The molecule has 0 aromatic heterocycles. The Morgan fingerprint density at radius 2 is 1.58 bits per heavy atom. The van der Waals surface area contributed by atoms with Crippen molar-refractivity contribution >= 4 is 23.6 Å². The number of carbonyl (C=O) groups is 2. The van der Waals surface area contributed by atoms with Crippen molar-refractivity contribution in [1.29, 1.82) is 0 Å². The van der Waals surface area contributed by atoms with Crippen LogP contribution < -0.4 is 5.32 Å². The first-order valence-corrected chi connectivity index (χ1v) is 9.94. The number of hydrogen-bond donors (Lipinski definition) is 2. The van der Waals surface area contributed by atoms with Gasteiger partial charge >= 0.3 is 5.97 Å². The van der Waals surface area contributed by atoms with Gasteiger partial charge in [0.15, 0.2) is 0 Å². The van der Waals surface area contributed by atoms with Gasteiger partial charge in [-0.25, -0.2) is 4.79 Å². The van der Waals surface area contributed by atoms with Crippen molar-refractivity contribution in [1.82, 2.24) is 5.32 Å². The molecule has 0 aliphatic heterocycles. The van der Waals surface area contributed by atoms with Gasteiger partial charge in [0.05, 0.1) is 5.56 Å². The second-order valence-corrected chi connectivity index (χ2v) is 7.62. The van der Waals surface area contributed by atoms with Crippen LogP contribution >= 0.6 is 11.8 Å². The molecule has 0 radical (unpaired) electrons. The Kier molecular flexibility index (Phi) is 7.73. The number of hydrogen-bond acceptors (Lipinski definition) is 3. The van der Waals surface area contributed by atoms with E-state index in [4.69, 9.17) is 0 Å². The van der Waals surface area contributed by atoms with Crippen LogP contribution in [0, 0.1) is 5.92 Å². The van der Waals surface area contributed by atoms with E-state index in [0.717, 1.165) is 17.9 Å². The molecule has 2 rings (SSSR count). The van der Waals surface area contributed by atoms with E-state index in [0.29, 0.717) is 29.2 Å². The van der Waals surface area contributed by atoms with E-state index >= 15 is 0 Å². The van der Waals surface area contributed by atoms with Crippen molar-refractivity contribution in [3.63, 3.8) is 0 Å². The third kappa shape index (κ3) is 5.63. The Balaban J connectivity index is 2.07. The highest BCUT2D eigenvalue weighted by atomic mass is 32.2. The molecular formula is C21H25NO3S. The van der Waals surface area contributed by atoms with Crippen molar-refractivity contribution in [2.45, 2.75) is 20.3 Å². The van der Waals surface area contributed by atoms with Gasteiger partial charge in [0.1, 0.15) is 0 Å². The lowest BCUT2D eigenvalue weighted by atomic mass is 9.95. The lowest BCUT2D eigenvalue weighted by Gasteiger charge is -2.12. The molecule has 0 saturated heterocycles. The summed E-state index contributed by atoms with van der Waals surface area (Å²) in [5.74, 6) is 1.65. The highest BCUT2D eigenvalue weighted by Gasteiger charge is 2.17. The van der Waals surface area contributed by atoms with Crippen LogP contribution in [-0.2, 0) is 0 Å². The van der Waals surface area contributed by atoms with Gasteiger partial charge in [-0.05, 0) is 47.1 Å². The quantitative estimate of drug-likeness (QED) is 0.634. The Morgan fingerprint density at radius 3 is 2.19 bits per heavy atom. The van der Waals surface area contributed by atoms with E-state index in [1.165, 1.54) is 0 Å². The summed E-state index contributed by atoms with van der Waals surface area (Å²) in [5, 5.41) is 12.4. The molecule has 0 aliphatic carbocycles. The number of thioether (sulfide) groups is 1. The maximum Gasteiger partial charge on any atom is 0.336 e. The number of carboxylic acid groups (broad SMARTS) is 1. The molecule has 0 bridgehead atoms. The number of carboxylic acids is 1. The highest BCUT2D eigenvalue weighted by Crippen LogP contribution is 2.27. The molecule has 2 N–H and O–H groups in total. The minimum Gasteiger partial charge on any atom is -0.478 e. The monoisotopic (exact) mass is 371 g/mol. The fourth-order valence-corrected chi connectivity index (χ4v) is 3.60. The van der Waals surface area contributed by atoms with E-state index in [2.05, 4.69) is 19.2 Å². The minimum absolute atomic E-state index is 0.172. The zero-order chi connectivity index (χ0) is 18.9. The molecule has 0 aliphatic rings. The number of nitrogens with one attached hydrogen (secondary N) is 1. The first kappa shape index (κ1) is 20.0. The summed E-state index contributed by atoms with van der Waals surface area (Å²) in [5.41, 5.74) is 1.88. The molecule has 0 heterocycles. The summed E-state index contributed by atoms with van der Waals surface area (Å²) in [6, 6.07) is 13.9. The minimum atomic E-state index is -1.00. The molecule has 0 fully saturated rings. The molecule has 1 amide bonds. The Morgan fingerprint density at radius 1 is 1.00 bits per heavy atom. The Labute approximate surface area is 159 Å².